The van der Waals surface area contributed by atoms with E-state index in [-0.39, 0.29) is 5.82 Å². The lowest BCUT2D eigenvalue weighted by atomic mass is 10.1. The van der Waals surface area contributed by atoms with Gasteiger partial charge in [-0.1, -0.05) is 24.9 Å². The zero-order chi connectivity index (χ0) is 10.8. The first-order valence-corrected chi connectivity index (χ1v) is 5.33. The second-order valence-corrected chi connectivity index (χ2v) is 3.91. The Bertz CT molecular complexity index is 496. The molecule has 0 bridgehead atoms. The predicted molar refractivity (Wildman–Crippen MR) is 60.7 cm³/mol. The number of aryl methyl sites for hydroxylation is 1. The summed E-state index contributed by atoms with van der Waals surface area (Å²) in [5, 5.41) is 1.45. The van der Waals surface area contributed by atoms with Crippen LogP contribution in [0.1, 0.15) is 19.0 Å². The summed E-state index contributed by atoms with van der Waals surface area (Å²) >= 11 is 6.09. The maximum absolute atomic E-state index is 13.0. The fraction of sp³-hybridized carbons (Fsp3) is 0.250. The second kappa shape index (κ2) is 4.15. The Kier molecular flexibility index (Phi) is 2.87. The smallest absolute Gasteiger partial charge is 0.125 e. The second-order valence-electron chi connectivity index (χ2n) is 3.51. The molecule has 0 unspecified atom stereocenters. The van der Waals surface area contributed by atoms with Gasteiger partial charge in [0, 0.05) is 17.1 Å². The van der Waals surface area contributed by atoms with Crippen molar-refractivity contribution in [2.75, 3.05) is 0 Å². The minimum absolute atomic E-state index is 0.278. The molecular weight excluding hydrogens is 213 g/mol. The van der Waals surface area contributed by atoms with Crippen molar-refractivity contribution in [1.82, 2.24) is 4.98 Å². The number of fused-ring (bicyclic) bond motifs is 1. The summed E-state index contributed by atoms with van der Waals surface area (Å²) in [5.74, 6) is -0.278. The van der Waals surface area contributed by atoms with Gasteiger partial charge in [-0.15, -0.1) is 0 Å². The molecule has 15 heavy (non-hydrogen) atoms. The van der Waals surface area contributed by atoms with Crippen LogP contribution in [-0.4, -0.2) is 4.98 Å². The Labute approximate surface area is 92.9 Å². The molecule has 0 aliphatic rings. The van der Waals surface area contributed by atoms with Gasteiger partial charge in [-0.05, 0) is 24.6 Å². The first-order chi connectivity index (χ1) is 7.20. The molecule has 1 heterocycles. The SMILES string of the molecule is CCCc1cc(Cl)c2ccc(F)cc2n1. The molecule has 78 valence electrons. The van der Waals surface area contributed by atoms with E-state index in [1.807, 2.05) is 6.07 Å². The third-order valence-corrected chi connectivity index (χ3v) is 2.59. The third kappa shape index (κ3) is 2.10. The summed E-state index contributed by atoms with van der Waals surface area (Å²) < 4.78 is 13.0. The van der Waals surface area contributed by atoms with Gasteiger partial charge >= 0.3 is 0 Å². The van der Waals surface area contributed by atoms with E-state index in [0.717, 1.165) is 23.9 Å². The molecule has 1 nitrogen and oxygen atoms in total. The zero-order valence-electron chi connectivity index (χ0n) is 8.43. The van der Waals surface area contributed by atoms with Crippen molar-refractivity contribution < 1.29 is 4.39 Å². The molecule has 0 amide bonds. The molecule has 0 aliphatic carbocycles. The number of rotatable bonds is 2. The molecule has 0 saturated heterocycles. The van der Waals surface area contributed by atoms with Crippen LogP contribution in [-0.2, 0) is 6.42 Å². The van der Waals surface area contributed by atoms with Crippen LogP contribution in [0.15, 0.2) is 24.3 Å². The zero-order valence-corrected chi connectivity index (χ0v) is 9.18. The molecule has 1 aromatic carbocycles. The van der Waals surface area contributed by atoms with Crippen molar-refractivity contribution >= 4 is 22.5 Å². The molecule has 0 saturated carbocycles. The van der Waals surface area contributed by atoms with Crippen molar-refractivity contribution in [1.29, 1.82) is 0 Å². The van der Waals surface area contributed by atoms with Gasteiger partial charge in [0.1, 0.15) is 5.82 Å². The lowest BCUT2D eigenvalue weighted by Gasteiger charge is -2.04. The molecule has 0 fully saturated rings. The molecule has 1 aromatic heterocycles. The first kappa shape index (κ1) is 10.4. The highest BCUT2D eigenvalue weighted by atomic mass is 35.5. The Morgan fingerprint density at radius 3 is 2.87 bits per heavy atom. The van der Waals surface area contributed by atoms with Gasteiger partial charge in [0.05, 0.1) is 10.5 Å². The van der Waals surface area contributed by atoms with Crippen LogP contribution < -0.4 is 0 Å². The number of pyridine rings is 1. The van der Waals surface area contributed by atoms with Crippen molar-refractivity contribution in [3.63, 3.8) is 0 Å². The molecule has 0 radical (unpaired) electrons. The van der Waals surface area contributed by atoms with Crippen LogP contribution in [0.3, 0.4) is 0 Å². The molecule has 2 aromatic rings. The highest BCUT2D eigenvalue weighted by Crippen LogP contribution is 2.24. The molecule has 0 atom stereocenters. The van der Waals surface area contributed by atoms with Crippen LogP contribution in [0.25, 0.3) is 10.9 Å². The van der Waals surface area contributed by atoms with Crippen molar-refractivity contribution in [2.24, 2.45) is 0 Å². The number of nitrogens with zero attached hydrogens (tertiary/aromatic N) is 1. The number of hydrogen-bond acceptors (Lipinski definition) is 1. The molecule has 3 heteroatoms. The Balaban J connectivity index is 2.63. The van der Waals surface area contributed by atoms with Gasteiger partial charge in [0.25, 0.3) is 0 Å². The van der Waals surface area contributed by atoms with E-state index in [0.29, 0.717) is 10.5 Å². The fourth-order valence-corrected chi connectivity index (χ4v) is 1.88. The van der Waals surface area contributed by atoms with Gasteiger partial charge in [-0.3, -0.25) is 4.98 Å². The van der Waals surface area contributed by atoms with E-state index in [4.69, 9.17) is 11.6 Å². The molecule has 2 rings (SSSR count). The van der Waals surface area contributed by atoms with E-state index in [1.54, 1.807) is 6.07 Å². The van der Waals surface area contributed by atoms with Crippen LogP contribution in [0.5, 0.6) is 0 Å². The topological polar surface area (TPSA) is 12.9 Å². The van der Waals surface area contributed by atoms with Gasteiger partial charge in [-0.2, -0.15) is 0 Å². The van der Waals surface area contributed by atoms with Crippen molar-refractivity contribution in [2.45, 2.75) is 19.8 Å². The number of aromatic nitrogens is 1. The minimum Gasteiger partial charge on any atom is -0.253 e. The van der Waals surface area contributed by atoms with Crippen LogP contribution in [0.2, 0.25) is 5.02 Å². The normalized spacial score (nSPS) is 10.9. The first-order valence-electron chi connectivity index (χ1n) is 4.95. The van der Waals surface area contributed by atoms with Crippen LogP contribution in [0.4, 0.5) is 4.39 Å². The van der Waals surface area contributed by atoms with Gasteiger partial charge in [-0.25, -0.2) is 4.39 Å². The number of hydrogen-bond donors (Lipinski definition) is 0. The average molecular weight is 224 g/mol. The molecular formula is C12H11ClFN. The quantitative estimate of drug-likeness (QED) is 0.751. The van der Waals surface area contributed by atoms with Gasteiger partial charge < -0.3 is 0 Å². The molecule has 0 spiro atoms. The van der Waals surface area contributed by atoms with E-state index >= 15 is 0 Å². The maximum Gasteiger partial charge on any atom is 0.125 e. The van der Waals surface area contributed by atoms with Crippen molar-refractivity contribution in [3.8, 4) is 0 Å². The summed E-state index contributed by atoms with van der Waals surface area (Å²) in [6.07, 6.45) is 1.87. The van der Waals surface area contributed by atoms with E-state index in [1.165, 1.54) is 12.1 Å². The predicted octanol–water partition coefficient (Wildman–Crippen LogP) is 3.98. The van der Waals surface area contributed by atoms with E-state index in [9.17, 15) is 4.39 Å². The average Bonchev–Trinajstić information content (AvgIpc) is 2.17. The third-order valence-electron chi connectivity index (χ3n) is 2.28. The van der Waals surface area contributed by atoms with Crippen molar-refractivity contribution in [3.05, 3.63) is 40.8 Å². The fourth-order valence-electron chi connectivity index (χ4n) is 1.59. The molecule has 0 aliphatic heterocycles. The Morgan fingerprint density at radius 1 is 1.33 bits per heavy atom. The minimum atomic E-state index is -0.278. The monoisotopic (exact) mass is 223 g/mol. The Hall–Kier alpha value is -1.15. The van der Waals surface area contributed by atoms with E-state index in [2.05, 4.69) is 11.9 Å². The summed E-state index contributed by atoms with van der Waals surface area (Å²) in [6.45, 7) is 2.07. The number of halogens is 2. The Morgan fingerprint density at radius 2 is 2.13 bits per heavy atom. The lowest BCUT2D eigenvalue weighted by molar-refractivity contribution is 0.629. The van der Waals surface area contributed by atoms with Crippen LogP contribution >= 0.6 is 11.6 Å². The number of benzene rings is 1. The highest BCUT2D eigenvalue weighted by Gasteiger charge is 2.04. The largest absolute Gasteiger partial charge is 0.253 e. The standard InChI is InChI=1S/C12H11ClFN/c1-2-3-9-7-11(13)10-5-4-8(14)6-12(10)15-9/h4-7H,2-3H2,1H3. The maximum atomic E-state index is 13.0. The van der Waals surface area contributed by atoms with Gasteiger partial charge in [0.2, 0.25) is 0 Å². The summed E-state index contributed by atoms with van der Waals surface area (Å²) in [5.41, 5.74) is 1.55. The van der Waals surface area contributed by atoms with E-state index < -0.39 is 0 Å². The molecule has 0 N–H and O–H groups in total. The van der Waals surface area contributed by atoms with Gasteiger partial charge in [0.15, 0.2) is 0 Å². The summed E-state index contributed by atoms with van der Waals surface area (Å²) in [4.78, 5) is 4.36. The van der Waals surface area contributed by atoms with Crippen LogP contribution in [0, 0.1) is 5.82 Å². The lowest BCUT2D eigenvalue weighted by Crippen LogP contribution is -1.91. The summed E-state index contributed by atoms with van der Waals surface area (Å²) in [6, 6.07) is 6.33. The summed E-state index contributed by atoms with van der Waals surface area (Å²) in [7, 11) is 0. The highest BCUT2D eigenvalue weighted by molar-refractivity contribution is 6.35.